The molecule has 4 N–H and O–H groups in total. The van der Waals surface area contributed by atoms with Crippen LogP contribution in [0, 0.1) is 34.5 Å². The summed E-state index contributed by atoms with van der Waals surface area (Å²) in [5.41, 5.74) is 2.69. The van der Waals surface area contributed by atoms with E-state index in [0.29, 0.717) is 23.7 Å². The van der Waals surface area contributed by atoms with E-state index in [1.54, 1.807) is 0 Å². The minimum absolute atomic E-state index is 0.0987. The van der Waals surface area contributed by atoms with Crippen molar-refractivity contribution in [2.45, 2.75) is 89.8 Å². The van der Waals surface area contributed by atoms with Crippen molar-refractivity contribution in [3.05, 3.63) is 0 Å². The van der Waals surface area contributed by atoms with Gasteiger partial charge in [-0.25, -0.2) is 5.43 Å². The summed E-state index contributed by atoms with van der Waals surface area (Å²) >= 11 is 0. The topological polar surface area (TPSA) is 89.2 Å². The molecule has 1 heterocycles. The summed E-state index contributed by atoms with van der Waals surface area (Å²) in [6, 6.07) is 0. The summed E-state index contributed by atoms with van der Waals surface area (Å²) in [7, 11) is 0. The van der Waals surface area contributed by atoms with Crippen LogP contribution in [-0.4, -0.2) is 47.2 Å². The van der Waals surface area contributed by atoms with Crippen LogP contribution in [0.15, 0.2) is 10.1 Å². The SMILES string of the molecule is C[C@]12CCC(O)CC1CC[C@@H]1[C@H]2CC[C@]2(C)C(/C=N/NC3=NCCCN3)CC[C@@]12O. The molecule has 0 aromatic rings. The molecular weight excluding hydrogens is 376 g/mol. The molecule has 4 aliphatic carbocycles. The van der Waals surface area contributed by atoms with Crippen molar-refractivity contribution in [1.82, 2.24) is 10.7 Å². The van der Waals surface area contributed by atoms with Crippen LogP contribution in [-0.2, 0) is 0 Å². The number of aliphatic hydroxyl groups is 2. The fourth-order valence-corrected chi connectivity index (χ4v) is 8.28. The molecule has 4 saturated carbocycles. The Morgan fingerprint density at radius 3 is 2.77 bits per heavy atom. The predicted octanol–water partition coefficient (Wildman–Crippen LogP) is 3.05. The maximum atomic E-state index is 12.2. The highest BCUT2D eigenvalue weighted by Crippen LogP contribution is 2.68. The zero-order valence-electron chi connectivity index (χ0n) is 18.7. The Morgan fingerprint density at radius 1 is 1.10 bits per heavy atom. The first-order valence-electron chi connectivity index (χ1n) is 12.3. The second kappa shape index (κ2) is 7.47. The predicted molar refractivity (Wildman–Crippen MR) is 119 cm³/mol. The number of hydrogen-bond donors (Lipinski definition) is 4. The Balaban J connectivity index is 1.33. The molecular formula is C24H40N4O2. The van der Waals surface area contributed by atoms with Gasteiger partial charge in [0.05, 0.1) is 11.7 Å². The average Bonchev–Trinajstić information content (AvgIpc) is 3.01. The van der Waals surface area contributed by atoms with Crippen molar-refractivity contribution < 1.29 is 10.2 Å². The smallest absolute Gasteiger partial charge is 0.212 e. The zero-order valence-corrected chi connectivity index (χ0v) is 18.7. The molecule has 6 nitrogen and oxygen atoms in total. The lowest BCUT2D eigenvalue weighted by atomic mass is 9.43. The van der Waals surface area contributed by atoms with Crippen LogP contribution in [0.4, 0.5) is 0 Å². The number of rotatable bonds is 2. The molecule has 3 unspecified atom stereocenters. The summed E-state index contributed by atoms with van der Waals surface area (Å²) < 4.78 is 0. The molecule has 8 atom stereocenters. The van der Waals surface area contributed by atoms with Gasteiger partial charge >= 0.3 is 0 Å². The van der Waals surface area contributed by atoms with E-state index in [0.717, 1.165) is 70.4 Å². The number of nitrogens with one attached hydrogen (secondary N) is 2. The number of aliphatic imine (C=N–C) groups is 1. The summed E-state index contributed by atoms with van der Waals surface area (Å²) in [5, 5.41) is 30.2. The molecule has 0 radical (unpaired) electrons. The van der Waals surface area contributed by atoms with Crippen LogP contribution < -0.4 is 10.7 Å². The van der Waals surface area contributed by atoms with E-state index in [1.165, 1.54) is 12.8 Å². The molecule has 0 aromatic carbocycles. The van der Waals surface area contributed by atoms with E-state index >= 15 is 0 Å². The van der Waals surface area contributed by atoms with Crippen LogP contribution in [0.2, 0.25) is 0 Å². The van der Waals surface area contributed by atoms with Gasteiger partial charge in [0.1, 0.15) is 0 Å². The highest BCUT2D eigenvalue weighted by molar-refractivity contribution is 5.81. The van der Waals surface area contributed by atoms with E-state index in [9.17, 15) is 10.2 Å². The molecule has 6 heteroatoms. The van der Waals surface area contributed by atoms with Gasteiger partial charge in [0.2, 0.25) is 5.96 Å². The van der Waals surface area contributed by atoms with Crippen molar-refractivity contribution in [3.63, 3.8) is 0 Å². The fraction of sp³-hybridized carbons (Fsp3) is 0.917. The Hall–Kier alpha value is -1.14. The van der Waals surface area contributed by atoms with Gasteiger partial charge in [-0.05, 0) is 87.4 Å². The second-order valence-electron chi connectivity index (χ2n) is 11.3. The van der Waals surface area contributed by atoms with Crippen molar-refractivity contribution in [3.8, 4) is 0 Å². The third-order valence-electron chi connectivity index (χ3n) is 10.2. The molecule has 4 fully saturated rings. The second-order valence-corrected chi connectivity index (χ2v) is 11.3. The van der Waals surface area contributed by atoms with Crippen LogP contribution in [0.3, 0.4) is 0 Å². The lowest BCUT2D eigenvalue weighted by Gasteiger charge is -2.63. The van der Waals surface area contributed by atoms with Gasteiger partial charge in [-0.2, -0.15) is 5.10 Å². The van der Waals surface area contributed by atoms with Gasteiger partial charge in [-0.15, -0.1) is 0 Å². The highest BCUT2D eigenvalue weighted by atomic mass is 16.3. The standard InChI is InChI=1S/C24H40N4O2/c1-22-9-7-18(29)14-16(22)4-5-20-19(22)8-10-23(2)17(6-11-24(20,23)30)15-27-28-21-25-12-3-13-26-21/h15-20,29-30H,3-14H2,1-2H3,(H2,25,26,28)/b27-15+/t16?,17?,18?,19-,20-,22+,23-,24-/m1/s1. The molecule has 1 aliphatic heterocycles. The van der Waals surface area contributed by atoms with Gasteiger partial charge in [-0.1, -0.05) is 13.8 Å². The number of aliphatic hydroxyl groups excluding tert-OH is 1. The summed E-state index contributed by atoms with van der Waals surface area (Å²) in [6.07, 6.45) is 12.5. The van der Waals surface area contributed by atoms with Crippen LogP contribution in [0.1, 0.15) is 78.1 Å². The fourth-order valence-electron chi connectivity index (χ4n) is 8.28. The Morgan fingerprint density at radius 2 is 1.97 bits per heavy atom. The van der Waals surface area contributed by atoms with Gasteiger partial charge < -0.3 is 15.5 Å². The highest BCUT2D eigenvalue weighted by Gasteiger charge is 2.66. The van der Waals surface area contributed by atoms with Crippen molar-refractivity contribution in [2.24, 2.45) is 44.6 Å². The van der Waals surface area contributed by atoms with E-state index in [-0.39, 0.29) is 16.9 Å². The molecule has 5 rings (SSSR count). The first kappa shape index (κ1) is 20.7. The van der Waals surface area contributed by atoms with Crippen molar-refractivity contribution in [2.75, 3.05) is 13.1 Å². The third-order valence-corrected chi connectivity index (χ3v) is 10.2. The summed E-state index contributed by atoms with van der Waals surface area (Å²) in [6.45, 7) is 6.60. The first-order valence-corrected chi connectivity index (χ1v) is 12.3. The molecule has 168 valence electrons. The number of hydrogen-bond acceptors (Lipinski definition) is 6. The summed E-state index contributed by atoms with van der Waals surface area (Å²) in [4.78, 5) is 4.42. The van der Waals surface area contributed by atoms with Gasteiger partial charge in [0, 0.05) is 30.6 Å². The van der Waals surface area contributed by atoms with Crippen LogP contribution in [0.25, 0.3) is 0 Å². The monoisotopic (exact) mass is 416 g/mol. The summed E-state index contributed by atoms with van der Waals surface area (Å²) in [5.74, 6) is 2.69. The molecule has 5 aliphatic rings. The molecule has 0 spiro atoms. The quantitative estimate of drug-likeness (QED) is 0.411. The number of guanidine groups is 1. The Kier molecular flexibility index (Phi) is 5.17. The van der Waals surface area contributed by atoms with Gasteiger partial charge in [-0.3, -0.25) is 4.99 Å². The third kappa shape index (κ3) is 3.04. The average molecular weight is 417 g/mol. The zero-order chi connectivity index (χ0) is 21.0. The number of hydrazone groups is 1. The maximum absolute atomic E-state index is 12.2. The molecule has 0 saturated heterocycles. The first-order chi connectivity index (χ1) is 14.4. The number of nitrogens with zero attached hydrogens (tertiary/aromatic N) is 2. The lowest BCUT2D eigenvalue weighted by molar-refractivity contribution is -0.206. The Labute approximate surface area is 181 Å². The van der Waals surface area contributed by atoms with Gasteiger partial charge in [0.25, 0.3) is 0 Å². The van der Waals surface area contributed by atoms with E-state index in [2.05, 4.69) is 40.9 Å². The van der Waals surface area contributed by atoms with E-state index < -0.39 is 5.60 Å². The number of fused-ring (bicyclic) bond motifs is 5. The van der Waals surface area contributed by atoms with Crippen LogP contribution >= 0.6 is 0 Å². The Bertz CT molecular complexity index is 726. The normalized spacial score (nSPS) is 50.8. The van der Waals surface area contributed by atoms with Crippen molar-refractivity contribution >= 4 is 12.2 Å². The van der Waals surface area contributed by atoms with E-state index in [4.69, 9.17) is 0 Å². The maximum Gasteiger partial charge on any atom is 0.212 e. The molecule has 0 amide bonds. The molecule has 0 bridgehead atoms. The molecule has 0 aromatic heterocycles. The van der Waals surface area contributed by atoms with Crippen molar-refractivity contribution in [1.29, 1.82) is 0 Å². The lowest BCUT2D eigenvalue weighted by Crippen LogP contribution is -2.62. The molecule has 30 heavy (non-hydrogen) atoms. The van der Waals surface area contributed by atoms with E-state index in [1.807, 2.05) is 0 Å². The largest absolute Gasteiger partial charge is 0.393 e. The van der Waals surface area contributed by atoms with Crippen LogP contribution in [0.5, 0.6) is 0 Å². The minimum Gasteiger partial charge on any atom is -0.393 e. The minimum atomic E-state index is -0.586. The van der Waals surface area contributed by atoms with Gasteiger partial charge in [0.15, 0.2) is 0 Å².